The minimum Gasteiger partial charge on any atom is -0.484 e. The lowest BCUT2D eigenvalue weighted by Crippen LogP contribution is -2.48. The third kappa shape index (κ3) is 5.96. The lowest BCUT2D eigenvalue weighted by atomic mass is 10.3. The summed E-state index contributed by atoms with van der Waals surface area (Å²) in [5.74, 6) is -1.43. The van der Waals surface area contributed by atoms with E-state index in [1.54, 1.807) is 30.3 Å². The van der Waals surface area contributed by atoms with Crippen molar-refractivity contribution in [3.05, 3.63) is 59.4 Å². The lowest BCUT2D eigenvalue weighted by molar-refractivity contribution is -0.133. The maximum absolute atomic E-state index is 13.5. The first kappa shape index (κ1) is 18.5. The van der Waals surface area contributed by atoms with Crippen molar-refractivity contribution in [3.8, 4) is 11.5 Å². The number of carbonyl (C=O) groups excluding carboxylic acids is 2. The van der Waals surface area contributed by atoms with Gasteiger partial charge in [0.25, 0.3) is 11.8 Å². The van der Waals surface area contributed by atoms with Crippen LogP contribution in [0.4, 0.5) is 4.39 Å². The number of hydrazine groups is 1. The highest BCUT2D eigenvalue weighted by Crippen LogP contribution is 2.17. The molecule has 0 unspecified atom stereocenters. The first-order chi connectivity index (χ1) is 12.0. The molecule has 0 heterocycles. The number of nitrogens with one attached hydrogen (secondary N) is 2. The molecule has 0 radical (unpaired) electrons. The molecule has 0 bridgehead atoms. The Labute approximate surface area is 148 Å². The molecule has 132 valence electrons. The molecular formula is C17H16ClFN2O4. The monoisotopic (exact) mass is 366 g/mol. The molecule has 2 amide bonds. The molecule has 8 heteroatoms. The Hall–Kier alpha value is -2.80. The second kappa shape index (κ2) is 8.89. The van der Waals surface area contributed by atoms with Crippen molar-refractivity contribution < 1.29 is 23.5 Å². The Morgan fingerprint density at radius 1 is 1.16 bits per heavy atom. The van der Waals surface area contributed by atoms with E-state index in [-0.39, 0.29) is 12.4 Å². The average molecular weight is 367 g/mol. The molecule has 0 saturated carbocycles. The van der Waals surface area contributed by atoms with Gasteiger partial charge in [0.1, 0.15) is 5.75 Å². The Morgan fingerprint density at radius 3 is 2.64 bits per heavy atom. The zero-order valence-electron chi connectivity index (χ0n) is 13.3. The van der Waals surface area contributed by atoms with Gasteiger partial charge in [0, 0.05) is 5.02 Å². The van der Waals surface area contributed by atoms with Crippen LogP contribution in [-0.4, -0.2) is 24.5 Å². The van der Waals surface area contributed by atoms with Crippen molar-refractivity contribution >= 4 is 23.4 Å². The van der Waals surface area contributed by atoms with Crippen LogP contribution in [0.3, 0.4) is 0 Å². The highest BCUT2D eigenvalue weighted by Gasteiger charge is 2.17. The van der Waals surface area contributed by atoms with Gasteiger partial charge >= 0.3 is 0 Å². The molecule has 6 nitrogen and oxygen atoms in total. The molecule has 0 aliphatic carbocycles. The lowest BCUT2D eigenvalue weighted by Gasteiger charge is -2.15. The maximum Gasteiger partial charge on any atom is 0.279 e. The molecule has 0 spiro atoms. The second-order valence-corrected chi connectivity index (χ2v) is 5.41. The van der Waals surface area contributed by atoms with Gasteiger partial charge in [0.05, 0.1) is 0 Å². The van der Waals surface area contributed by atoms with Crippen LogP contribution in [-0.2, 0) is 9.59 Å². The van der Waals surface area contributed by atoms with Gasteiger partial charge in [-0.2, -0.15) is 0 Å². The summed E-state index contributed by atoms with van der Waals surface area (Å²) in [6, 6.07) is 12.3. The average Bonchev–Trinajstić information content (AvgIpc) is 2.59. The fourth-order valence-corrected chi connectivity index (χ4v) is 1.94. The van der Waals surface area contributed by atoms with Crippen LogP contribution in [0.2, 0.25) is 5.02 Å². The van der Waals surface area contributed by atoms with E-state index < -0.39 is 23.7 Å². The van der Waals surface area contributed by atoms with Crippen LogP contribution in [0.5, 0.6) is 11.5 Å². The van der Waals surface area contributed by atoms with Crippen molar-refractivity contribution in [1.29, 1.82) is 0 Å². The quantitative estimate of drug-likeness (QED) is 0.770. The summed E-state index contributed by atoms with van der Waals surface area (Å²) in [6.07, 6.45) is -1.01. The number of rotatable bonds is 6. The predicted molar refractivity (Wildman–Crippen MR) is 89.7 cm³/mol. The number of hydrogen-bond acceptors (Lipinski definition) is 4. The van der Waals surface area contributed by atoms with Crippen LogP contribution in [0, 0.1) is 5.82 Å². The number of ether oxygens (including phenoxy) is 2. The van der Waals surface area contributed by atoms with E-state index in [0.717, 1.165) is 0 Å². The van der Waals surface area contributed by atoms with E-state index in [2.05, 4.69) is 10.9 Å². The third-order valence-electron chi connectivity index (χ3n) is 3.00. The van der Waals surface area contributed by atoms with Crippen molar-refractivity contribution in [2.75, 3.05) is 6.61 Å². The van der Waals surface area contributed by atoms with Gasteiger partial charge in [-0.05, 0) is 37.3 Å². The number of halogens is 2. The van der Waals surface area contributed by atoms with Crippen molar-refractivity contribution in [1.82, 2.24) is 10.9 Å². The topological polar surface area (TPSA) is 76.7 Å². The maximum atomic E-state index is 13.5. The van der Waals surface area contributed by atoms with Crippen LogP contribution in [0.15, 0.2) is 48.5 Å². The highest BCUT2D eigenvalue weighted by atomic mass is 35.5. The second-order valence-electron chi connectivity index (χ2n) is 4.97. The molecule has 1 atom stereocenters. The molecule has 0 aromatic heterocycles. The van der Waals surface area contributed by atoms with Crippen LogP contribution >= 0.6 is 11.6 Å². The Balaban J connectivity index is 1.75. The third-order valence-corrected chi connectivity index (χ3v) is 3.24. The van der Waals surface area contributed by atoms with Gasteiger partial charge in [-0.1, -0.05) is 29.8 Å². The molecule has 2 aromatic carbocycles. The summed E-state index contributed by atoms with van der Waals surface area (Å²) in [4.78, 5) is 23.5. The number of carbonyl (C=O) groups is 2. The number of hydrogen-bond donors (Lipinski definition) is 2. The fourth-order valence-electron chi connectivity index (χ4n) is 1.76. The van der Waals surface area contributed by atoms with Crippen LogP contribution in [0.1, 0.15) is 6.92 Å². The number of benzene rings is 2. The van der Waals surface area contributed by atoms with E-state index >= 15 is 0 Å². The first-order valence-corrected chi connectivity index (χ1v) is 7.72. The molecule has 0 fully saturated rings. The summed E-state index contributed by atoms with van der Waals surface area (Å²) in [7, 11) is 0. The van der Waals surface area contributed by atoms with Gasteiger partial charge in [-0.25, -0.2) is 4.39 Å². The van der Waals surface area contributed by atoms with E-state index in [1.807, 2.05) is 0 Å². The van der Waals surface area contributed by atoms with Gasteiger partial charge in [-0.3, -0.25) is 20.4 Å². The SMILES string of the molecule is C[C@H](Oc1ccccc1F)C(=O)NNC(=O)COc1cccc(Cl)c1. The molecule has 0 aliphatic rings. The van der Waals surface area contributed by atoms with Gasteiger partial charge in [-0.15, -0.1) is 0 Å². The van der Waals surface area contributed by atoms with Crippen LogP contribution < -0.4 is 20.3 Å². The van der Waals surface area contributed by atoms with E-state index in [0.29, 0.717) is 10.8 Å². The normalized spacial score (nSPS) is 11.3. The Kier molecular flexibility index (Phi) is 6.59. The Bertz CT molecular complexity index is 757. The Morgan fingerprint density at radius 2 is 1.92 bits per heavy atom. The number of amides is 2. The molecule has 2 N–H and O–H groups in total. The van der Waals surface area contributed by atoms with Crippen molar-refractivity contribution in [3.63, 3.8) is 0 Å². The summed E-state index contributed by atoms with van der Waals surface area (Å²) < 4.78 is 23.9. The van der Waals surface area contributed by atoms with Crippen LogP contribution in [0.25, 0.3) is 0 Å². The van der Waals surface area contributed by atoms with Gasteiger partial charge in [0.2, 0.25) is 0 Å². The molecule has 2 rings (SSSR count). The van der Waals surface area contributed by atoms with Gasteiger partial charge in [0.15, 0.2) is 24.3 Å². The van der Waals surface area contributed by atoms with E-state index in [4.69, 9.17) is 21.1 Å². The molecule has 2 aromatic rings. The zero-order valence-corrected chi connectivity index (χ0v) is 14.0. The predicted octanol–water partition coefficient (Wildman–Crippen LogP) is 2.47. The van der Waals surface area contributed by atoms with Gasteiger partial charge < -0.3 is 9.47 Å². The molecule has 0 aliphatic heterocycles. The minimum atomic E-state index is -1.01. The highest BCUT2D eigenvalue weighted by molar-refractivity contribution is 6.30. The van der Waals surface area contributed by atoms with Crippen molar-refractivity contribution in [2.24, 2.45) is 0 Å². The summed E-state index contributed by atoms with van der Waals surface area (Å²) >= 11 is 5.80. The zero-order chi connectivity index (χ0) is 18.2. The molecule has 0 saturated heterocycles. The fraction of sp³-hybridized carbons (Fsp3) is 0.176. The molecular weight excluding hydrogens is 351 g/mol. The summed E-state index contributed by atoms with van der Waals surface area (Å²) in [6.45, 7) is 1.11. The number of para-hydroxylation sites is 1. The molecule has 25 heavy (non-hydrogen) atoms. The summed E-state index contributed by atoms with van der Waals surface area (Å²) in [5.41, 5.74) is 4.36. The smallest absolute Gasteiger partial charge is 0.279 e. The van der Waals surface area contributed by atoms with E-state index in [1.165, 1.54) is 25.1 Å². The standard InChI is InChI=1S/C17H16ClFN2O4/c1-11(25-15-8-3-2-7-14(15)19)17(23)21-20-16(22)10-24-13-6-4-5-12(18)9-13/h2-9,11H,10H2,1H3,(H,20,22)(H,21,23)/t11-/m0/s1. The minimum absolute atomic E-state index is 0.0548. The van der Waals surface area contributed by atoms with Crippen molar-refractivity contribution in [2.45, 2.75) is 13.0 Å². The van der Waals surface area contributed by atoms with E-state index in [9.17, 15) is 14.0 Å². The first-order valence-electron chi connectivity index (χ1n) is 7.34. The largest absolute Gasteiger partial charge is 0.484 e. The summed E-state index contributed by atoms with van der Waals surface area (Å²) in [5, 5.41) is 0.477.